The molecule has 0 amide bonds. The van der Waals surface area contributed by atoms with Gasteiger partial charge in [-0.05, 0) is 68.8 Å². The summed E-state index contributed by atoms with van der Waals surface area (Å²) >= 11 is 6.03. The minimum Gasteiger partial charge on any atom is -0.454 e. The molecule has 9 nitrogen and oxygen atoms in total. The molecule has 1 aromatic heterocycles. The van der Waals surface area contributed by atoms with E-state index in [0.29, 0.717) is 36.0 Å². The van der Waals surface area contributed by atoms with Crippen LogP contribution in [-0.4, -0.2) is 77.0 Å². The Labute approximate surface area is 264 Å². The second-order valence-corrected chi connectivity index (χ2v) is 15.2. The number of sulfone groups is 1. The molecule has 45 heavy (non-hydrogen) atoms. The average molecular weight is 664 g/mol. The van der Waals surface area contributed by atoms with Crippen LogP contribution in [0, 0.1) is 0 Å². The van der Waals surface area contributed by atoms with Crippen LogP contribution in [-0.2, 0) is 21.8 Å². The van der Waals surface area contributed by atoms with Crippen molar-refractivity contribution in [3.63, 3.8) is 0 Å². The minimum atomic E-state index is -4.58. The quantitative estimate of drug-likeness (QED) is 0.227. The molecule has 3 aliphatic carbocycles. The molecule has 0 spiro atoms. The van der Waals surface area contributed by atoms with Gasteiger partial charge in [-0.2, -0.15) is 28.1 Å². The highest BCUT2D eigenvalue weighted by Crippen LogP contribution is 2.48. The molecule has 0 aliphatic heterocycles. The van der Waals surface area contributed by atoms with Crippen molar-refractivity contribution in [1.82, 2.24) is 19.9 Å². The lowest BCUT2D eigenvalue weighted by atomic mass is 10.1. The summed E-state index contributed by atoms with van der Waals surface area (Å²) in [6, 6.07) is 13.6. The fourth-order valence-corrected chi connectivity index (χ4v) is 7.61. The Morgan fingerprint density at radius 3 is 2.27 bits per heavy atom. The summed E-state index contributed by atoms with van der Waals surface area (Å²) in [4.78, 5) is 27.7. The third-order valence-electron chi connectivity index (χ3n) is 8.66. The van der Waals surface area contributed by atoms with Crippen LogP contribution in [0.3, 0.4) is 0 Å². The number of ketones is 1. The third kappa shape index (κ3) is 7.58. The molecule has 240 valence electrons. The van der Waals surface area contributed by atoms with Crippen molar-refractivity contribution in [2.75, 3.05) is 31.3 Å². The highest BCUT2D eigenvalue weighted by molar-refractivity contribution is 7.93. The molecule has 3 aromatic rings. The van der Waals surface area contributed by atoms with E-state index in [1.165, 1.54) is 0 Å². The summed E-state index contributed by atoms with van der Waals surface area (Å²) in [7, 11) is -1.70. The summed E-state index contributed by atoms with van der Waals surface area (Å²) in [6.45, 7) is -1.11. The van der Waals surface area contributed by atoms with Gasteiger partial charge in [0, 0.05) is 29.6 Å². The molecule has 3 saturated carbocycles. The Morgan fingerprint density at radius 2 is 1.69 bits per heavy atom. The molecule has 6 rings (SSSR count). The Balaban J connectivity index is 1.15. The van der Waals surface area contributed by atoms with Gasteiger partial charge >= 0.3 is 12.2 Å². The van der Waals surface area contributed by atoms with Gasteiger partial charge in [-0.15, -0.1) is 0 Å². The van der Waals surface area contributed by atoms with Crippen molar-refractivity contribution in [1.29, 1.82) is 0 Å². The smallest absolute Gasteiger partial charge is 0.422 e. The zero-order valence-electron chi connectivity index (χ0n) is 24.6. The first-order valence-electron chi connectivity index (χ1n) is 14.8. The minimum absolute atomic E-state index is 0.0722. The zero-order chi connectivity index (χ0) is 32.0. The number of Topliss-reactive ketones (excluding diaryl/α,β-unsaturated/α-hetero) is 1. The van der Waals surface area contributed by atoms with E-state index in [-0.39, 0.29) is 23.8 Å². The normalized spacial score (nSPS) is 18.4. The van der Waals surface area contributed by atoms with E-state index in [4.69, 9.17) is 16.3 Å². The van der Waals surface area contributed by atoms with Gasteiger partial charge in [0.05, 0.1) is 10.3 Å². The third-order valence-corrected chi connectivity index (χ3v) is 11.4. The van der Waals surface area contributed by atoms with Crippen molar-refractivity contribution in [2.24, 2.45) is 0 Å². The van der Waals surface area contributed by atoms with Crippen molar-refractivity contribution < 1.29 is 31.1 Å². The monoisotopic (exact) mass is 663 g/mol. The predicted octanol–water partition coefficient (Wildman–Crippen LogP) is 5.38. The van der Waals surface area contributed by atoms with Gasteiger partial charge in [-0.25, -0.2) is 8.42 Å². The van der Waals surface area contributed by atoms with Crippen LogP contribution < -0.4 is 10.1 Å². The zero-order valence-corrected chi connectivity index (χ0v) is 26.2. The molecular formula is C31H33ClF3N5O4S. The Morgan fingerprint density at radius 1 is 1.02 bits per heavy atom. The molecule has 3 aliphatic rings. The molecule has 2 aromatic carbocycles. The second kappa shape index (κ2) is 11.8. The summed E-state index contributed by atoms with van der Waals surface area (Å²) in [5.74, 6) is -0.798. The molecule has 0 saturated heterocycles. The topological polar surface area (TPSA) is 114 Å². The second-order valence-electron chi connectivity index (χ2n) is 12.4. The number of nitrogens with one attached hydrogen (secondary N) is 1. The molecule has 14 heteroatoms. The first-order chi connectivity index (χ1) is 21.2. The number of hydrogen-bond acceptors (Lipinski definition) is 9. The number of alkyl halides is 3. The number of ether oxygens (including phenoxy) is 1. The molecule has 3 fully saturated rings. The lowest BCUT2D eigenvalue weighted by Crippen LogP contribution is -2.40. The maximum Gasteiger partial charge on any atom is 0.422 e. The SMILES string of the molecule is CN(CC1(S(=O)(=O)CC(=O)c2ccc(Cc3nc(NC4(c5ccc(Cl)cc5)CC4)nc(OCC(F)(F)F)n3)cc2)CC1)C1CC1. The molecule has 1 heterocycles. The summed E-state index contributed by atoms with van der Waals surface area (Å²) in [5, 5.41) is 3.82. The standard InChI is InChI=1S/C31H33ClF3N5O4S/c1-40(24-10-11-24)18-29(12-13-29)45(42,43)17-25(41)21-4-2-20(3-5-21)16-26-36-27(38-28(37-26)44-19-31(33,34)35)39-30(14-15-30)22-6-8-23(32)9-7-22/h2-9,24H,10-19H2,1H3,(H,36,37,38,39). The molecular weight excluding hydrogens is 631 g/mol. The fourth-order valence-electron chi connectivity index (χ4n) is 5.54. The number of rotatable bonds is 14. The van der Waals surface area contributed by atoms with Gasteiger partial charge in [0.1, 0.15) is 11.6 Å². The Hall–Kier alpha value is -3.29. The van der Waals surface area contributed by atoms with Crippen molar-refractivity contribution in [3.05, 3.63) is 76.1 Å². The van der Waals surface area contributed by atoms with E-state index >= 15 is 0 Å². The highest BCUT2D eigenvalue weighted by atomic mass is 35.5. The average Bonchev–Trinajstić information content (AvgIpc) is 3.82. The molecule has 1 N–H and O–H groups in total. The highest BCUT2D eigenvalue weighted by Gasteiger charge is 2.56. The summed E-state index contributed by atoms with van der Waals surface area (Å²) in [5.41, 5.74) is 1.38. The van der Waals surface area contributed by atoms with E-state index in [1.54, 1.807) is 36.4 Å². The van der Waals surface area contributed by atoms with Gasteiger partial charge in [-0.3, -0.25) is 4.79 Å². The van der Waals surface area contributed by atoms with Gasteiger partial charge in [0.2, 0.25) is 5.95 Å². The van der Waals surface area contributed by atoms with Gasteiger partial charge in [0.15, 0.2) is 22.2 Å². The molecule has 0 unspecified atom stereocenters. The largest absolute Gasteiger partial charge is 0.454 e. The maximum absolute atomic E-state index is 13.2. The first-order valence-corrected chi connectivity index (χ1v) is 16.8. The van der Waals surface area contributed by atoms with Crippen LogP contribution in [0.4, 0.5) is 19.1 Å². The van der Waals surface area contributed by atoms with Crippen molar-refractivity contribution >= 4 is 33.2 Å². The number of benzene rings is 2. The number of nitrogens with zero attached hydrogens (tertiary/aromatic N) is 4. The summed E-state index contributed by atoms with van der Waals surface area (Å²) in [6.07, 6.45) is 0.336. The van der Waals surface area contributed by atoms with E-state index in [0.717, 1.165) is 31.2 Å². The van der Waals surface area contributed by atoms with E-state index < -0.39 is 50.5 Å². The van der Waals surface area contributed by atoms with Crippen molar-refractivity contribution in [3.8, 4) is 6.01 Å². The number of hydrogen-bond donors (Lipinski definition) is 1. The molecule has 0 radical (unpaired) electrons. The van der Waals surface area contributed by atoms with E-state index in [9.17, 15) is 26.4 Å². The van der Waals surface area contributed by atoms with Crippen LogP contribution in [0.1, 0.15) is 65.8 Å². The number of carbonyl (C=O) groups is 1. The summed E-state index contributed by atoms with van der Waals surface area (Å²) < 4.78 is 69.1. The number of aromatic nitrogens is 3. The van der Waals surface area contributed by atoms with Gasteiger partial charge < -0.3 is 15.0 Å². The number of anilines is 1. The Kier molecular flexibility index (Phi) is 8.32. The van der Waals surface area contributed by atoms with Crippen LogP contribution in [0.5, 0.6) is 6.01 Å². The predicted molar refractivity (Wildman–Crippen MR) is 162 cm³/mol. The van der Waals surface area contributed by atoms with E-state index in [2.05, 4.69) is 25.2 Å². The van der Waals surface area contributed by atoms with Crippen LogP contribution in [0.2, 0.25) is 5.02 Å². The Bertz CT molecular complexity index is 1670. The van der Waals surface area contributed by atoms with E-state index in [1.807, 2.05) is 19.2 Å². The van der Waals surface area contributed by atoms with Gasteiger partial charge in [-0.1, -0.05) is 48.0 Å². The molecule has 0 bridgehead atoms. The van der Waals surface area contributed by atoms with Crippen LogP contribution in [0.15, 0.2) is 48.5 Å². The molecule has 0 atom stereocenters. The lowest BCUT2D eigenvalue weighted by molar-refractivity contribution is -0.154. The van der Waals surface area contributed by atoms with Gasteiger partial charge in [0.25, 0.3) is 0 Å². The van der Waals surface area contributed by atoms with Crippen LogP contribution >= 0.6 is 11.6 Å². The number of halogens is 4. The lowest BCUT2D eigenvalue weighted by Gasteiger charge is -2.23. The van der Waals surface area contributed by atoms with Crippen LogP contribution in [0.25, 0.3) is 0 Å². The fraction of sp³-hybridized carbons (Fsp3) is 0.484. The number of carbonyl (C=O) groups excluding carboxylic acids is 1. The van der Waals surface area contributed by atoms with Crippen molar-refractivity contribution in [2.45, 2.75) is 67.4 Å². The maximum atomic E-state index is 13.2. The first kappa shape index (κ1) is 31.7.